The number of phosphoric acid groups is 3. The molecular formula is C54H96N3O53P3. The van der Waals surface area contributed by atoms with Crippen molar-refractivity contribution in [2.24, 2.45) is 17.2 Å². The first kappa shape index (κ1) is 96.1. The Morgan fingerprint density at radius 1 is 0.389 bits per heavy atom. The molecule has 0 spiro atoms. The van der Waals surface area contributed by atoms with E-state index in [1.807, 2.05) is 0 Å². The summed E-state index contributed by atoms with van der Waals surface area (Å²) in [6.07, 6.45) is -94.4. The second-order valence-corrected chi connectivity index (χ2v) is 30.9. The lowest BCUT2D eigenvalue weighted by molar-refractivity contribution is -0.407. The van der Waals surface area contributed by atoms with Gasteiger partial charge in [0.25, 0.3) is 11.6 Å². The van der Waals surface area contributed by atoms with Crippen molar-refractivity contribution in [3.05, 3.63) is 0 Å². The zero-order valence-corrected chi connectivity index (χ0v) is 60.7. The van der Waals surface area contributed by atoms with Gasteiger partial charge in [0.15, 0.2) is 37.7 Å². The number of hydrogen-bond donors (Lipinski definition) is 33. The van der Waals surface area contributed by atoms with Crippen molar-refractivity contribution >= 4 is 35.4 Å². The SMILES string of the molecule is N[C@@H]1[C@@H](O)[C@H](O)[C@@H](CO[C@@H]2O[C@H](CO[C@]3(C(=O)O)C[C@@H](O[C@]4(C(=O)O)C[C@@H](O)[C@@H](O)[C@@H]([C@H](O)CO)O4)[C@@H](O[C@H]4O[C@H]([C@@H](O)CO)[C@@H](OP(=O)(O)O)[C@H](O[C@H]5O[C@H]([C@@H](O)CO)[C@@H](O)[C@H](O[C@H]6O[C@H](CO)[C@H](O[C@H]7O[C@H](CO)[C@@H](O)[C@H](O)[C@H]7O)[C@H](O)[C@H]6N)[C@@H]5O)[C@@H]4OP(=O)(O)O)[C@@H]([C@H](O)CO)O3)[C@@H](OP(=O)(O)O)[C@H](O)[C@H]2N)O[C@@H]1O. The molecule has 36 N–H and O–H groups in total. The Hall–Kier alpha value is -2.33. The Labute approximate surface area is 633 Å². The molecule has 8 aliphatic rings. The van der Waals surface area contributed by atoms with Crippen molar-refractivity contribution < 1.29 is 260 Å². The molecule has 0 unspecified atom stereocenters. The summed E-state index contributed by atoms with van der Waals surface area (Å²) in [5.41, 5.74) is 18.1. The Morgan fingerprint density at radius 3 is 1.42 bits per heavy atom. The van der Waals surface area contributed by atoms with Crippen molar-refractivity contribution in [3.63, 3.8) is 0 Å². The van der Waals surface area contributed by atoms with E-state index in [0.29, 0.717) is 0 Å². The molecule has 0 bridgehead atoms. The second kappa shape index (κ2) is 39.2. The summed E-state index contributed by atoms with van der Waals surface area (Å²) in [4.78, 5) is 90.3. The summed E-state index contributed by atoms with van der Waals surface area (Å²) in [5, 5.41) is 261. The molecule has 0 aliphatic carbocycles. The first-order valence-corrected chi connectivity index (χ1v) is 38.5. The van der Waals surface area contributed by atoms with Gasteiger partial charge in [0.05, 0.1) is 83.2 Å². The number of ether oxygens (including phenoxy) is 15. The quantitative estimate of drug-likeness (QED) is 0.0266. The average molecular weight is 1730 g/mol. The highest BCUT2D eigenvalue weighted by Crippen LogP contribution is 2.51. The minimum atomic E-state index is -6.52. The third-order valence-electron chi connectivity index (χ3n) is 19.5. The summed E-state index contributed by atoms with van der Waals surface area (Å²) in [5.74, 6) is -12.6. The summed E-state index contributed by atoms with van der Waals surface area (Å²) >= 11 is 0. The van der Waals surface area contributed by atoms with Gasteiger partial charge in [0.1, 0.15) is 177 Å². The molecule has 0 radical (unpaired) electrons. The molecule has 42 atom stereocenters. The van der Waals surface area contributed by atoms with Crippen molar-refractivity contribution in [3.8, 4) is 0 Å². The lowest BCUT2D eigenvalue weighted by Gasteiger charge is -2.53. The third kappa shape index (κ3) is 21.9. The van der Waals surface area contributed by atoms with Gasteiger partial charge >= 0.3 is 35.4 Å². The van der Waals surface area contributed by atoms with Crippen molar-refractivity contribution in [2.45, 2.75) is 270 Å². The fourth-order valence-electron chi connectivity index (χ4n) is 13.6. The van der Waals surface area contributed by atoms with E-state index in [1.54, 1.807) is 0 Å². The van der Waals surface area contributed by atoms with Crippen LogP contribution in [-0.2, 0) is 108 Å². The molecule has 8 aliphatic heterocycles. The molecule has 0 amide bonds. The Morgan fingerprint density at radius 2 is 0.850 bits per heavy atom. The van der Waals surface area contributed by atoms with E-state index in [2.05, 4.69) is 0 Å². The molecule has 8 saturated heterocycles. The van der Waals surface area contributed by atoms with Gasteiger partial charge in [-0.1, -0.05) is 0 Å². The van der Waals surface area contributed by atoms with Gasteiger partial charge in [-0.05, 0) is 0 Å². The number of rotatable bonds is 34. The Kier molecular flexibility index (Phi) is 33.4. The van der Waals surface area contributed by atoms with Gasteiger partial charge in [0, 0.05) is 12.8 Å². The van der Waals surface area contributed by atoms with E-state index in [4.69, 9.17) is 102 Å². The van der Waals surface area contributed by atoms with Gasteiger partial charge in [-0.15, -0.1) is 0 Å². The number of carbonyl (C=O) groups is 2. The summed E-state index contributed by atoms with van der Waals surface area (Å²) in [7, 11) is -18.7. The van der Waals surface area contributed by atoms with Crippen LogP contribution < -0.4 is 17.2 Å². The first-order chi connectivity index (χ1) is 52.6. The first-order valence-electron chi connectivity index (χ1n) is 33.9. The monoisotopic (exact) mass is 1730 g/mol. The summed E-state index contributed by atoms with van der Waals surface area (Å²) in [6.45, 7) is -11.1. The topological polar surface area (TPSA) is 936 Å². The maximum absolute atomic E-state index is 14.1. The minimum absolute atomic E-state index is 0.976. The van der Waals surface area contributed by atoms with Gasteiger partial charge in [-0.2, -0.15) is 0 Å². The number of nitrogens with two attached hydrogens (primary N) is 3. The standard InChI is InChI=1S/C54H96N3O53P3/c55-21-27(72)26(71)19(95-45(21)79)9-93-46-22(56)29(74)39(108-111(84,85)86)20(98-46)10-94-53(51(80)81)2-16(105-54(52(82)83)1-11(64)24(69)35(106-54)13(66)4-59)40(37(107-53)15(68)6-61)102-50-44(110-113(90,91)92)42(43(109-112(87,88)89)36(100-50)14(67)5-60)104-49-33(78)41(32(77)34(99-49)12(65)3-58)103-47-23(57)28(73)38(18(8-63)97-47)101-48-31(76)30(75)25(70)17(7-62)96-48/h11-50,58-79H,1-10,55-57H2,(H,80,81)(H,82,83)(H2,84,85,86)(H2,87,88,89)(H2,90,91,92)/t11-,12+,13-,14+,15-,16-,17-,18-,19-,20-,21-,22-,23-,24-,25-,26-,27-,28-,29-,30+,31-,32-,33+,34-,35-,36-,37-,38+,39-,40-,41+,42+,43-,44+,45+,46-,47-,48-,49-,50-,53-,54-/m1/s1. The Balaban J connectivity index is 1.22. The van der Waals surface area contributed by atoms with Crippen LogP contribution in [0, 0.1) is 0 Å². The minimum Gasteiger partial charge on any atom is -0.477 e. The van der Waals surface area contributed by atoms with Crippen molar-refractivity contribution in [2.75, 3.05) is 52.9 Å². The molecule has 0 saturated carbocycles. The molecule has 0 aromatic carbocycles. The lowest BCUT2D eigenvalue weighted by atomic mass is 9.89. The number of aliphatic hydroxyl groups excluding tert-OH is 22. The van der Waals surface area contributed by atoms with Gasteiger partial charge < -0.3 is 240 Å². The number of carboxylic acid groups (broad SMARTS) is 2. The number of carboxylic acids is 2. The van der Waals surface area contributed by atoms with Crippen LogP contribution in [0.3, 0.4) is 0 Å². The predicted molar refractivity (Wildman–Crippen MR) is 337 cm³/mol. The van der Waals surface area contributed by atoms with Crippen LogP contribution in [-0.4, -0.2) is 473 Å². The van der Waals surface area contributed by atoms with Crippen LogP contribution >= 0.6 is 23.5 Å². The van der Waals surface area contributed by atoms with Crippen LogP contribution in [0.5, 0.6) is 0 Å². The number of hydrogen-bond acceptors (Lipinski definition) is 48. The molecule has 8 rings (SSSR count). The molecule has 59 heteroatoms. The molecule has 8 fully saturated rings. The number of aliphatic hydroxyl groups is 22. The maximum Gasteiger partial charge on any atom is 0.470 e. The van der Waals surface area contributed by atoms with Gasteiger partial charge in [-0.3, -0.25) is 13.6 Å². The van der Waals surface area contributed by atoms with E-state index < -0.39 is 358 Å². The summed E-state index contributed by atoms with van der Waals surface area (Å²) in [6, 6.07) is -5.68. The van der Waals surface area contributed by atoms with Gasteiger partial charge in [0.2, 0.25) is 0 Å². The predicted octanol–water partition coefficient (Wildman–Crippen LogP) is -19.8. The zero-order chi connectivity index (χ0) is 84.5. The van der Waals surface area contributed by atoms with Crippen LogP contribution in [0.2, 0.25) is 0 Å². The highest BCUT2D eigenvalue weighted by Gasteiger charge is 2.66. The molecule has 8 heterocycles. The highest BCUT2D eigenvalue weighted by atomic mass is 31.2. The lowest BCUT2D eigenvalue weighted by Crippen LogP contribution is -2.71. The van der Waals surface area contributed by atoms with Gasteiger partial charge in [-0.25, -0.2) is 23.3 Å². The fourth-order valence-corrected chi connectivity index (χ4v) is 15.3. The molecule has 113 heavy (non-hydrogen) atoms. The van der Waals surface area contributed by atoms with Crippen molar-refractivity contribution in [1.29, 1.82) is 0 Å². The molecule has 0 aromatic rings. The molecule has 56 nitrogen and oxygen atoms in total. The number of aliphatic carboxylic acids is 2. The zero-order valence-electron chi connectivity index (χ0n) is 58.0. The average Bonchev–Trinajstić information content (AvgIpc) is 0.740. The number of phosphoric ester groups is 3. The maximum atomic E-state index is 14.1. The smallest absolute Gasteiger partial charge is 0.470 e. The van der Waals surface area contributed by atoms with Crippen LogP contribution in [0.1, 0.15) is 12.8 Å². The summed E-state index contributed by atoms with van der Waals surface area (Å²) < 4.78 is 139. The third-order valence-corrected chi connectivity index (χ3v) is 21.0. The highest BCUT2D eigenvalue weighted by molar-refractivity contribution is 7.46. The van der Waals surface area contributed by atoms with Crippen LogP contribution in [0.25, 0.3) is 0 Å². The molecular weight excluding hydrogens is 1630 g/mol. The molecule has 660 valence electrons. The van der Waals surface area contributed by atoms with Crippen molar-refractivity contribution in [1.82, 2.24) is 0 Å². The second-order valence-electron chi connectivity index (χ2n) is 27.3. The van der Waals surface area contributed by atoms with Crippen LogP contribution in [0.15, 0.2) is 0 Å². The Bertz CT molecular complexity index is 3190. The van der Waals surface area contributed by atoms with E-state index in [-0.39, 0.29) is 0 Å². The largest absolute Gasteiger partial charge is 0.477 e. The van der Waals surface area contributed by atoms with E-state index in [0.717, 1.165) is 0 Å². The fraction of sp³-hybridized carbons (Fsp3) is 0.963. The molecule has 0 aromatic heterocycles. The van der Waals surface area contributed by atoms with E-state index >= 15 is 0 Å². The normalized spacial score (nSPS) is 46.3. The van der Waals surface area contributed by atoms with Crippen LogP contribution in [0.4, 0.5) is 0 Å². The van der Waals surface area contributed by atoms with E-state index in [1.165, 1.54) is 0 Å². The van der Waals surface area contributed by atoms with E-state index in [9.17, 15) is 175 Å².